The molecular formula is C12H21F2NO. The molecule has 0 unspecified atom stereocenters. The first-order valence-corrected chi connectivity index (χ1v) is 6.26. The molecule has 4 heteroatoms. The number of alkyl halides is 2. The van der Waals surface area contributed by atoms with Gasteiger partial charge in [0.05, 0.1) is 5.60 Å². The van der Waals surface area contributed by atoms with Gasteiger partial charge < -0.3 is 10.8 Å². The second-order valence-electron chi connectivity index (χ2n) is 5.60. The van der Waals surface area contributed by atoms with Gasteiger partial charge in [-0.25, -0.2) is 8.78 Å². The number of nitrogens with two attached hydrogens (primary N) is 1. The van der Waals surface area contributed by atoms with Crippen LogP contribution in [0.1, 0.15) is 57.8 Å². The van der Waals surface area contributed by atoms with Crippen molar-refractivity contribution in [3.05, 3.63) is 0 Å². The fourth-order valence-corrected chi connectivity index (χ4v) is 3.16. The summed E-state index contributed by atoms with van der Waals surface area (Å²) in [6.07, 6.45) is 4.54. The third kappa shape index (κ3) is 2.09. The van der Waals surface area contributed by atoms with Crippen molar-refractivity contribution in [2.24, 2.45) is 5.73 Å². The summed E-state index contributed by atoms with van der Waals surface area (Å²) in [5.41, 5.74) is 4.52. The quantitative estimate of drug-likeness (QED) is 0.731. The molecule has 2 nitrogen and oxygen atoms in total. The van der Waals surface area contributed by atoms with Crippen LogP contribution in [0.4, 0.5) is 8.78 Å². The maximum atomic E-state index is 13.1. The molecule has 2 aliphatic rings. The molecule has 2 saturated carbocycles. The second kappa shape index (κ2) is 3.91. The van der Waals surface area contributed by atoms with Gasteiger partial charge in [-0.05, 0) is 25.7 Å². The summed E-state index contributed by atoms with van der Waals surface area (Å²) in [6, 6.07) is 0. The number of hydrogen-bond acceptors (Lipinski definition) is 2. The lowest BCUT2D eigenvalue weighted by molar-refractivity contribution is -0.120. The van der Waals surface area contributed by atoms with Crippen LogP contribution in [0.5, 0.6) is 0 Å². The van der Waals surface area contributed by atoms with E-state index in [1.807, 2.05) is 0 Å². The lowest BCUT2D eigenvalue weighted by atomic mass is 9.64. The third-order valence-corrected chi connectivity index (χ3v) is 4.48. The molecule has 16 heavy (non-hydrogen) atoms. The van der Waals surface area contributed by atoms with Crippen LogP contribution in [-0.4, -0.2) is 22.2 Å². The summed E-state index contributed by atoms with van der Waals surface area (Å²) in [5.74, 6) is -2.58. The van der Waals surface area contributed by atoms with E-state index in [9.17, 15) is 13.9 Å². The van der Waals surface area contributed by atoms with Crippen LogP contribution in [0, 0.1) is 0 Å². The van der Waals surface area contributed by atoms with E-state index in [-0.39, 0.29) is 25.7 Å². The number of hydrogen-bond donors (Lipinski definition) is 2. The van der Waals surface area contributed by atoms with E-state index in [0.717, 1.165) is 19.3 Å². The Balaban J connectivity index is 2.07. The van der Waals surface area contributed by atoms with Crippen molar-refractivity contribution in [2.75, 3.05) is 0 Å². The zero-order chi connectivity index (χ0) is 11.9. The van der Waals surface area contributed by atoms with Crippen molar-refractivity contribution in [3.8, 4) is 0 Å². The maximum Gasteiger partial charge on any atom is 0.248 e. The molecule has 0 amide bonds. The summed E-state index contributed by atoms with van der Waals surface area (Å²) in [6.45, 7) is 0. The molecule has 0 heterocycles. The SMILES string of the molecule is NC1(C2(O)CCCCC2)CCC(F)(F)CC1. The van der Waals surface area contributed by atoms with Gasteiger partial charge in [-0.3, -0.25) is 0 Å². The van der Waals surface area contributed by atoms with Crippen LogP contribution in [0.25, 0.3) is 0 Å². The zero-order valence-electron chi connectivity index (χ0n) is 9.64. The number of aliphatic hydroxyl groups is 1. The fourth-order valence-electron chi connectivity index (χ4n) is 3.16. The van der Waals surface area contributed by atoms with Crippen LogP contribution in [0.2, 0.25) is 0 Å². The highest BCUT2D eigenvalue weighted by molar-refractivity contribution is 5.07. The van der Waals surface area contributed by atoms with Gasteiger partial charge >= 0.3 is 0 Å². The molecule has 0 spiro atoms. The molecule has 0 aromatic rings. The lowest BCUT2D eigenvalue weighted by Gasteiger charge is -2.50. The smallest absolute Gasteiger partial charge is 0.248 e. The van der Waals surface area contributed by atoms with Crippen LogP contribution in [0.3, 0.4) is 0 Å². The largest absolute Gasteiger partial charge is 0.388 e. The molecule has 0 saturated heterocycles. The normalized spacial score (nSPS) is 32.2. The highest BCUT2D eigenvalue weighted by Crippen LogP contribution is 2.46. The van der Waals surface area contributed by atoms with Gasteiger partial charge in [-0.15, -0.1) is 0 Å². The predicted octanol–water partition coefficient (Wildman–Crippen LogP) is 2.59. The van der Waals surface area contributed by atoms with Crippen molar-refractivity contribution in [1.82, 2.24) is 0 Å². The third-order valence-electron chi connectivity index (χ3n) is 4.48. The first-order chi connectivity index (χ1) is 7.37. The van der Waals surface area contributed by atoms with E-state index in [1.54, 1.807) is 0 Å². The maximum absolute atomic E-state index is 13.1. The van der Waals surface area contributed by atoms with Crippen LogP contribution >= 0.6 is 0 Å². The van der Waals surface area contributed by atoms with Gasteiger partial charge in [-0.2, -0.15) is 0 Å². The van der Waals surface area contributed by atoms with Gasteiger partial charge in [0.1, 0.15) is 0 Å². The Labute approximate surface area is 95.2 Å². The monoisotopic (exact) mass is 233 g/mol. The second-order valence-corrected chi connectivity index (χ2v) is 5.60. The first kappa shape index (κ1) is 12.2. The molecule has 2 aliphatic carbocycles. The van der Waals surface area contributed by atoms with Gasteiger partial charge in [0, 0.05) is 18.4 Å². The molecule has 0 radical (unpaired) electrons. The summed E-state index contributed by atoms with van der Waals surface area (Å²) in [7, 11) is 0. The van der Waals surface area contributed by atoms with E-state index >= 15 is 0 Å². The van der Waals surface area contributed by atoms with Gasteiger partial charge in [-0.1, -0.05) is 19.3 Å². The Morgan fingerprint density at radius 2 is 1.31 bits per heavy atom. The number of halogens is 2. The van der Waals surface area contributed by atoms with E-state index in [4.69, 9.17) is 5.73 Å². The number of rotatable bonds is 1. The molecule has 0 aromatic carbocycles. The Bertz CT molecular complexity index is 252. The van der Waals surface area contributed by atoms with E-state index < -0.39 is 17.1 Å². The minimum atomic E-state index is -2.58. The average Bonchev–Trinajstić information content (AvgIpc) is 2.24. The molecule has 2 fully saturated rings. The van der Waals surface area contributed by atoms with Gasteiger partial charge in [0.2, 0.25) is 5.92 Å². The van der Waals surface area contributed by atoms with E-state index in [1.165, 1.54) is 0 Å². The van der Waals surface area contributed by atoms with Crippen molar-refractivity contribution in [3.63, 3.8) is 0 Å². The molecule has 0 aliphatic heterocycles. The Morgan fingerprint density at radius 1 is 0.812 bits per heavy atom. The molecule has 3 N–H and O–H groups in total. The van der Waals surface area contributed by atoms with Crippen LogP contribution in [-0.2, 0) is 0 Å². The van der Waals surface area contributed by atoms with Crippen molar-refractivity contribution in [1.29, 1.82) is 0 Å². The average molecular weight is 233 g/mol. The highest BCUT2D eigenvalue weighted by Gasteiger charge is 2.52. The van der Waals surface area contributed by atoms with E-state index in [2.05, 4.69) is 0 Å². The summed E-state index contributed by atoms with van der Waals surface area (Å²) in [4.78, 5) is 0. The topological polar surface area (TPSA) is 46.2 Å². The molecule has 0 bridgehead atoms. The molecule has 0 aromatic heterocycles. The van der Waals surface area contributed by atoms with Gasteiger partial charge in [0.25, 0.3) is 0 Å². The minimum Gasteiger partial charge on any atom is -0.388 e. The van der Waals surface area contributed by atoms with Crippen molar-refractivity contribution >= 4 is 0 Å². The first-order valence-electron chi connectivity index (χ1n) is 6.26. The molecule has 94 valence electrons. The Hall–Kier alpha value is -0.220. The summed E-state index contributed by atoms with van der Waals surface area (Å²) < 4.78 is 26.2. The fraction of sp³-hybridized carbons (Fsp3) is 1.00. The minimum absolute atomic E-state index is 0.175. The van der Waals surface area contributed by atoms with Gasteiger partial charge in [0.15, 0.2) is 0 Å². The van der Waals surface area contributed by atoms with Crippen LogP contribution in [0.15, 0.2) is 0 Å². The van der Waals surface area contributed by atoms with Crippen molar-refractivity contribution in [2.45, 2.75) is 74.8 Å². The van der Waals surface area contributed by atoms with Crippen molar-refractivity contribution < 1.29 is 13.9 Å². The summed E-state index contributed by atoms with van der Waals surface area (Å²) in [5, 5.41) is 10.6. The zero-order valence-corrected chi connectivity index (χ0v) is 9.64. The van der Waals surface area contributed by atoms with E-state index in [0.29, 0.717) is 12.8 Å². The standard InChI is InChI=1S/C12H21F2NO/c13-12(14)8-6-10(15,7-9-12)11(16)4-2-1-3-5-11/h16H,1-9,15H2. The highest BCUT2D eigenvalue weighted by atomic mass is 19.3. The molecule has 0 atom stereocenters. The van der Waals surface area contributed by atoms with Crippen LogP contribution < -0.4 is 5.73 Å². The summed E-state index contributed by atoms with van der Waals surface area (Å²) >= 11 is 0. The Kier molecular flexibility index (Phi) is 2.99. The molecule has 2 rings (SSSR count). The molecular weight excluding hydrogens is 212 g/mol. The Morgan fingerprint density at radius 3 is 1.81 bits per heavy atom. The predicted molar refractivity (Wildman–Crippen MR) is 58.4 cm³/mol. The lowest BCUT2D eigenvalue weighted by Crippen LogP contribution is -2.63.